The highest BCUT2D eigenvalue weighted by atomic mass is 16.5. The van der Waals surface area contributed by atoms with Crippen LogP contribution in [0.15, 0.2) is 48.5 Å². The lowest BCUT2D eigenvalue weighted by Gasteiger charge is -2.32. The molecular weight excluding hydrogens is 540 g/mol. The third-order valence-corrected chi connectivity index (χ3v) is 7.18. The van der Waals surface area contributed by atoms with Crippen molar-refractivity contribution < 1.29 is 33.8 Å². The number of nitrogens with zero attached hydrogens (tertiary/aromatic N) is 2. The molecule has 0 bridgehead atoms. The molecule has 0 saturated carbocycles. The number of benzene rings is 2. The number of carbonyl (C=O) groups is 5. The molecule has 0 saturated heterocycles. The van der Waals surface area contributed by atoms with Gasteiger partial charge in [0.2, 0.25) is 11.8 Å². The van der Waals surface area contributed by atoms with Crippen molar-refractivity contribution in [2.45, 2.75) is 64.6 Å². The van der Waals surface area contributed by atoms with E-state index >= 15 is 0 Å². The molecule has 4 amide bonds. The van der Waals surface area contributed by atoms with Crippen molar-refractivity contribution >= 4 is 29.6 Å². The van der Waals surface area contributed by atoms with Crippen LogP contribution in [0.1, 0.15) is 66.3 Å². The number of nitrogens with two attached hydrogens (primary N) is 1. The Bertz CT molecular complexity index is 1300. The van der Waals surface area contributed by atoms with E-state index in [1.165, 1.54) is 24.1 Å². The Morgan fingerprint density at radius 3 is 2.29 bits per heavy atom. The highest BCUT2D eigenvalue weighted by Gasteiger charge is 2.38. The van der Waals surface area contributed by atoms with Gasteiger partial charge in [-0.3, -0.25) is 34.2 Å². The lowest BCUT2D eigenvalue weighted by atomic mass is 9.99. The molecule has 4 N–H and O–H groups in total. The van der Waals surface area contributed by atoms with Crippen molar-refractivity contribution in [3.63, 3.8) is 0 Å². The fourth-order valence-corrected chi connectivity index (χ4v) is 4.94. The molecule has 2 aromatic rings. The molecule has 11 heteroatoms. The largest absolute Gasteiger partial charge is 0.494 e. The molecule has 0 unspecified atom stereocenters. The maximum Gasteiger partial charge on any atom is 0.320 e. The smallest absolute Gasteiger partial charge is 0.320 e. The van der Waals surface area contributed by atoms with Gasteiger partial charge in [-0.25, -0.2) is 0 Å². The zero-order valence-corrected chi connectivity index (χ0v) is 24.5. The number of imide groups is 1. The molecule has 2 aromatic carbocycles. The Kier molecular flexibility index (Phi) is 11.2. The Balaban J connectivity index is 1.73. The van der Waals surface area contributed by atoms with Crippen LogP contribution in [-0.4, -0.2) is 82.8 Å². The number of nitrogens with one attached hydrogen (secondary N) is 1. The zero-order valence-electron chi connectivity index (χ0n) is 24.5. The average molecular weight is 581 g/mol. The number of hydrogen-bond acceptors (Lipinski definition) is 7. The lowest BCUT2D eigenvalue weighted by Crippen LogP contribution is -2.56. The van der Waals surface area contributed by atoms with Crippen molar-refractivity contribution in [2.24, 2.45) is 11.7 Å². The van der Waals surface area contributed by atoms with Gasteiger partial charge in [0.1, 0.15) is 17.8 Å². The van der Waals surface area contributed by atoms with Crippen LogP contribution in [0.3, 0.4) is 0 Å². The fourth-order valence-electron chi connectivity index (χ4n) is 4.94. The Morgan fingerprint density at radius 1 is 1.02 bits per heavy atom. The molecular formula is C31H40N4O7. The van der Waals surface area contributed by atoms with Gasteiger partial charge in [-0.1, -0.05) is 51.1 Å². The molecule has 3 atom stereocenters. The van der Waals surface area contributed by atoms with Gasteiger partial charge in [-0.05, 0) is 48.9 Å². The topological polar surface area (TPSA) is 159 Å². The number of ether oxygens (including phenoxy) is 1. The monoisotopic (exact) mass is 580 g/mol. The molecule has 1 aliphatic heterocycles. The van der Waals surface area contributed by atoms with Gasteiger partial charge in [0.05, 0.1) is 23.8 Å². The van der Waals surface area contributed by atoms with Crippen LogP contribution in [0, 0.1) is 5.92 Å². The second kappa shape index (κ2) is 14.6. The van der Waals surface area contributed by atoms with E-state index in [1.807, 2.05) is 51.1 Å². The SMILES string of the molecule is CCCOc1ccc2c(c1)C(=O)N(CC[C@@H](N[C@@H](CC(C)C)C(=O)N(C)[C@@H](Cc1ccccc1)C(N)=O)C(=O)O)C2=O. The van der Waals surface area contributed by atoms with E-state index in [2.05, 4.69) is 5.32 Å². The van der Waals surface area contributed by atoms with Gasteiger partial charge in [-0.2, -0.15) is 0 Å². The van der Waals surface area contributed by atoms with Crippen LogP contribution >= 0.6 is 0 Å². The third kappa shape index (κ3) is 7.94. The van der Waals surface area contributed by atoms with E-state index in [0.717, 1.165) is 16.9 Å². The van der Waals surface area contributed by atoms with Crippen LogP contribution in [0.4, 0.5) is 0 Å². The second-order valence-corrected chi connectivity index (χ2v) is 10.9. The average Bonchev–Trinajstić information content (AvgIpc) is 3.19. The van der Waals surface area contributed by atoms with Gasteiger partial charge in [0.15, 0.2) is 0 Å². The molecule has 11 nitrogen and oxygen atoms in total. The number of primary amides is 1. The minimum Gasteiger partial charge on any atom is -0.494 e. The first-order chi connectivity index (χ1) is 19.9. The van der Waals surface area contributed by atoms with Crippen molar-refractivity contribution in [3.05, 3.63) is 65.2 Å². The summed E-state index contributed by atoms with van der Waals surface area (Å²) in [5.74, 6) is -2.94. The van der Waals surface area contributed by atoms with Gasteiger partial charge < -0.3 is 20.5 Å². The summed E-state index contributed by atoms with van der Waals surface area (Å²) in [4.78, 5) is 66.5. The quantitative estimate of drug-likeness (QED) is 0.255. The molecule has 0 radical (unpaired) electrons. The number of aliphatic carboxylic acids is 1. The number of carboxylic acids is 1. The van der Waals surface area contributed by atoms with E-state index < -0.39 is 47.7 Å². The second-order valence-electron chi connectivity index (χ2n) is 10.9. The summed E-state index contributed by atoms with van der Waals surface area (Å²) in [7, 11) is 1.47. The van der Waals surface area contributed by atoms with Crippen LogP contribution in [-0.2, 0) is 20.8 Å². The van der Waals surface area contributed by atoms with Crippen molar-refractivity contribution in [3.8, 4) is 5.75 Å². The number of likely N-dealkylation sites (N-methyl/N-ethyl adjacent to an activating group) is 1. The highest BCUT2D eigenvalue weighted by molar-refractivity contribution is 6.21. The zero-order chi connectivity index (χ0) is 31.0. The molecule has 1 heterocycles. The van der Waals surface area contributed by atoms with Gasteiger partial charge in [0, 0.05) is 20.0 Å². The number of carboxylic acid groups (broad SMARTS) is 1. The molecule has 0 spiro atoms. The summed E-state index contributed by atoms with van der Waals surface area (Å²) < 4.78 is 5.58. The molecule has 226 valence electrons. The van der Waals surface area contributed by atoms with E-state index in [-0.39, 0.29) is 42.9 Å². The summed E-state index contributed by atoms with van der Waals surface area (Å²) >= 11 is 0. The van der Waals surface area contributed by atoms with Gasteiger partial charge >= 0.3 is 5.97 Å². The standard InChI is InChI=1S/C31H40N4O7/c1-5-15-42-21-11-12-22-23(18-21)29(38)35(28(22)37)14-13-24(31(40)41)33-25(16-19(2)3)30(39)34(4)26(27(32)36)17-20-9-7-6-8-10-20/h6-12,18-19,24-26,33H,5,13-17H2,1-4H3,(H2,32,36)(H,40,41)/t24-,25+,26+/m1/s1. The minimum absolute atomic E-state index is 0.0100. The molecule has 1 aliphatic rings. The fraction of sp³-hybridized carbons (Fsp3) is 0.452. The summed E-state index contributed by atoms with van der Waals surface area (Å²) in [6.07, 6.45) is 1.15. The van der Waals surface area contributed by atoms with Gasteiger partial charge in [-0.15, -0.1) is 0 Å². The Morgan fingerprint density at radius 2 is 1.69 bits per heavy atom. The summed E-state index contributed by atoms with van der Waals surface area (Å²) in [5, 5.41) is 12.9. The Hall–Kier alpha value is -4.25. The van der Waals surface area contributed by atoms with Crippen LogP contribution in [0.2, 0.25) is 0 Å². The van der Waals surface area contributed by atoms with Crippen molar-refractivity contribution in [1.29, 1.82) is 0 Å². The van der Waals surface area contributed by atoms with E-state index in [4.69, 9.17) is 10.5 Å². The molecule has 0 aliphatic carbocycles. The first-order valence-electron chi connectivity index (χ1n) is 14.2. The molecule has 0 aromatic heterocycles. The number of hydrogen-bond donors (Lipinski definition) is 3. The highest BCUT2D eigenvalue weighted by Crippen LogP contribution is 2.27. The predicted molar refractivity (Wildman–Crippen MR) is 156 cm³/mol. The first kappa shape index (κ1) is 32.3. The van der Waals surface area contributed by atoms with E-state index in [0.29, 0.717) is 12.4 Å². The molecule has 3 rings (SSSR count). The number of fused-ring (bicyclic) bond motifs is 1. The minimum atomic E-state index is -1.25. The van der Waals surface area contributed by atoms with E-state index in [1.54, 1.807) is 6.07 Å². The summed E-state index contributed by atoms with van der Waals surface area (Å²) in [5.41, 5.74) is 6.92. The molecule has 0 fully saturated rings. The maximum absolute atomic E-state index is 13.6. The number of carbonyl (C=O) groups excluding carboxylic acids is 4. The Labute approximate surface area is 246 Å². The summed E-state index contributed by atoms with van der Waals surface area (Å²) in [6, 6.07) is 10.7. The van der Waals surface area contributed by atoms with Crippen molar-refractivity contribution in [1.82, 2.24) is 15.1 Å². The third-order valence-electron chi connectivity index (χ3n) is 7.18. The normalized spacial score (nSPS) is 14.8. The van der Waals surface area contributed by atoms with E-state index in [9.17, 15) is 29.1 Å². The maximum atomic E-state index is 13.6. The van der Waals surface area contributed by atoms with Crippen molar-refractivity contribution in [2.75, 3.05) is 20.2 Å². The number of rotatable bonds is 16. The number of amides is 4. The van der Waals surface area contributed by atoms with Gasteiger partial charge in [0.25, 0.3) is 11.8 Å². The predicted octanol–water partition coefficient (Wildman–Crippen LogP) is 2.47. The lowest BCUT2D eigenvalue weighted by molar-refractivity contribution is -0.143. The van der Waals surface area contributed by atoms with Crippen LogP contribution < -0.4 is 15.8 Å². The molecule has 42 heavy (non-hydrogen) atoms. The first-order valence-corrected chi connectivity index (χ1v) is 14.2. The van der Waals surface area contributed by atoms with Crippen LogP contribution in [0.5, 0.6) is 5.75 Å². The van der Waals surface area contributed by atoms with Crippen LogP contribution in [0.25, 0.3) is 0 Å². The summed E-state index contributed by atoms with van der Waals surface area (Å²) in [6.45, 7) is 6.04.